The molecular weight excluding hydrogens is 307 g/mol. The third-order valence-corrected chi connectivity index (χ3v) is 4.24. The van der Waals surface area contributed by atoms with Crippen molar-refractivity contribution in [3.8, 4) is 0 Å². The summed E-state index contributed by atoms with van der Waals surface area (Å²) >= 11 is 4.18. The molecule has 78 valence electrons. The lowest BCUT2D eigenvalue weighted by Gasteiger charge is -2.05. The highest BCUT2D eigenvalue weighted by Crippen LogP contribution is 2.23. The molecule has 0 fully saturated rings. The van der Waals surface area contributed by atoms with Crippen molar-refractivity contribution in [1.29, 1.82) is 0 Å². The van der Waals surface area contributed by atoms with Gasteiger partial charge in [-0.3, -0.25) is 0 Å². The quantitative estimate of drug-likeness (QED) is 0.741. The molecule has 0 spiro atoms. The molecule has 0 saturated carbocycles. The fourth-order valence-electron chi connectivity index (χ4n) is 1.20. The van der Waals surface area contributed by atoms with Gasteiger partial charge in [0.1, 0.15) is 5.76 Å². The number of hydrogen-bond donors (Lipinski definition) is 0. The average Bonchev–Trinajstić information content (AvgIpc) is 2.67. The van der Waals surface area contributed by atoms with Gasteiger partial charge in [-0.05, 0) is 53.3 Å². The fraction of sp³-hybridized carbons (Fsp3) is 0.455. The molecule has 0 N–H and O–H groups in total. The minimum Gasteiger partial charge on any atom is -0.469 e. The number of hydrogen-bond acceptors (Lipinski definition) is 2. The Morgan fingerprint density at radius 2 is 2.50 bits per heavy atom. The number of furan rings is 1. The van der Waals surface area contributed by atoms with Crippen molar-refractivity contribution in [3.63, 3.8) is 0 Å². The lowest BCUT2D eigenvalue weighted by atomic mass is 10.1. The second-order valence-electron chi connectivity index (χ2n) is 3.27. The van der Waals surface area contributed by atoms with Crippen LogP contribution in [-0.2, 0) is 6.42 Å². The van der Waals surface area contributed by atoms with Crippen LogP contribution in [-0.4, -0.2) is 6.26 Å². The molecule has 0 aliphatic rings. The summed E-state index contributed by atoms with van der Waals surface area (Å²) in [7, 11) is 0. The maximum Gasteiger partial charge on any atom is 0.103 e. The zero-order valence-corrected chi connectivity index (χ0v) is 11.5. The van der Waals surface area contributed by atoms with Gasteiger partial charge < -0.3 is 4.42 Å². The van der Waals surface area contributed by atoms with Crippen molar-refractivity contribution >= 4 is 34.4 Å². The number of rotatable bonds is 5. The summed E-state index contributed by atoms with van der Waals surface area (Å²) in [5.74, 6) is 1.71. The summed E-state index contributed by atoms with van der Waals surface area (Å²) in [6.07, 6.45) is 8.34. The zero-order chi connectivity index (χ0) is 10.4. The van der Waals surface area contributed by atoms with Crippen LogP contribution >= 0.6 is 34.4 Å². The summed E-state index contributed by atoms with van der Waals surface area (Å²) in [6, 6.07) is 3.98. The molecule has 1 nitrogen and oxygen atoms in total. The lowest BCUT2D eigenvalue weighted by Crippen LogP contribution is -1.92. The lowest BCUT2D eigenvalue weighted by molar-refractivity contribution is 0.486. The summed E-state index contributed by atoms with van der Waals surface area (Å²) in [4.78, 5) is 0. The van der Waals surface area contributed by atoms with Crippen LogP contribution in [0.1, 0.15) is 19.1 Å². The SMILES string of the molecule is CS/C(I)=C\[C@@H](C)CCc1ccco1. The van der Waals surface area contributed by atoms with E-state index in [1.54, 1.807) is 18.0 Å². The molecular formula is C11H15IOS. The standard InChI is InChI=1S/C11H15IOS/c1-9(8-11(12)14-2)5-6-10-4-3-7-13-10/h3-4,7-9H,5-6H2,1-2H3/b11-8-/t9-/m0/s1. The Balaban J connectivity index is 2.31. The number of aryl methyl sites for hydroxylation is 1. The van der Waals surface area contributed by atoms with Crippen molar-refractivity contribution in [3.05, 3.63) is 33.1 Å². The van der Waals surface area contributed by atoms with Crippen LogP contribution in [0, 0.1) is 5.92 Å². The van der Waals surface area contributed by atoms with Gasteiger partial charge in [-0.1, -0.05) is 13.0 Å². The largest absolute Gasteiger partial charge is 0.469 e. The van der Waals surface area contributed by atoms with E-state index in [0.717, 1.165) is 18.6 Å². The summed E-state index contributed by atoms with van der Waals surface area (Å²) in [5, 5.41) is 0. The first kappa shape index (κ1) is 12.2. The van der Waals surface area contributed by atoms with E-state index in [0.29, 0.717) is 5.92 Å². The molecule has 1 aromatic rings. The van der Waals surface area contributed by atoms with E-state index >= 15 is 0 Å². The van der Waals surface area contributed by atoms with Crippen molar-refractivity contribution in [2.75, 3.05) is 6.26 Å². The van der Waals surface area contributed by atoms with Crippen LogP contribution in [0.15, 0.2) is 31.8 Å². The molecule has 14 heavy (non-hydrogen) atoms. The van der Waals surface area contributed by atoms with Gasteiger partial charge in [0.25, 0.3) is 0 Å². The Kier molecular flexibility index (Phi) is 5.70. The molecule has 0 amide bonds. The molecule has 1 heterocycles. The first-order valence-corrected chi connectivity index (χ1v) is 6.96. The van der Waals surface area contributed by atoms with E-state index < -0.39 is 0 Å². The summed E-state index contributed by atoms with van der Waals surface area (Å²) in [5.41, 5.74) is 0. The molecule has 0 radical (unpaired) electrons. The van der Waals surface area contributed by atoms with Crippen molar-refractivity contribution in [1.82, 2.24) is 0 Å². The Morgan fingerprint density at radius 3 is 3.07 bits per heavy atom. The van der Waals surface area contributed by atoms with Crippen molar-refractivity contribution in [2.24, 2.45) is 5.92 Å². The van der Waals surface area contributed by atoms with Crippen LogP contribution < -0.4 is 0 Å². The predicted octanol–water partition coefficient (Wildman–Crippen LogP) is 4.49. The molecule has 0 aliphatic heterocycles. The van der Waals surface area contributed by atoms with Crippen LogP contribution in [0.3, 0.4) is 0 Å². The van der Waals surface area contributed by atoms with E-state index in [9.17, 15) is 0 Å². The second-order valence-corrected chi connectivity index (χ2v) is 6.01. The highest BCUT2D eigenvalue weighted by molar-refractivity contribution is 14.1. The molecule has 0 saturated heterocycles. The van der Waals surface area contributed by atoms with E-state index in [-0.39, 0.29) is 0 Å². The zero-order valence-electron chi connectivity index (χ0n) is 8.50. The highest BCUT2D eigenvalue weighted by atomic mass is 127. The molecule has 1 atom stereocenters. The Morgan fingerprint density at radius 1 is 1.71 bits per heavy atom. The molecule has 3 heteroatoms. The number of thioether (sulfide) groups is 1. The predicted molar refractivity (Wildman–Crippen MR) is 71.8 cm³/mol. The van der Waals surface area contributed by atoms with Crippen LogP contribution in [0.25, 0.3) is 0 Å². The Hall–Kier alpha value is 0.1000. The average molecular weight is 322 g/mol. The third kappa shape index (κ3) is 4.55. The van der Waals surface area contributed by atoms with Crippen molar-refractivity contribution < 1.29 is 4.42 Å². The van der Waals surface area contributed by atoms with Gasteiger partial charge in [0.15, 0.2) is 0 Å². The maximum absolute atomic E-state index is 5.29. The smallest absolute Gasteiger partial charge is 0.103 e. The van der Waals surface area contributed by atoms with E-state index in [2.05, 4.69) is 41.8 Å². The summed E-state index contributed by atoms with van der Waals surface area (Å²) < 4.78 is 6.66. The number of halogens is 1. The first-order chi connectivity index (χ1) is 6.72. The van der Waals surface area contributed by atoms with Crippen LogP contribution in [0.5, 0.6) is 0 Å². The fourth-order valence-corrected chi connectivity index (χ4v) is 2.18. The van der Waals surface area contributed by atoms with Gasteiger partial charge in [0.2, 0.25) is 0 Å². The van der Waals surface area contributed by atoms with E-state index in [4.69, 9.17) is 4.42 Å². The highest BCUT2D eigenvalue weighted by Gasteiger charge is 2.02. The van der Waals surface area contributed by atoms with Crippen LogP contribution in [0.2, 0.25) is 0 Å². The van der Waals surface area contributed by atoms with Gasteiger partial charge in [0, 0.05) is 9.33 Å². The molecule has 0 aromatic carbocycles. The van der Waals surface area contributed by atoms with E-state index in [1.807, 2.05) is 12.1 Å². The van der Waals surface area contributed by atoms with Gasteiger partial charge in [-0.25, -0.2) is 0 Å². The maximum atomic E-state index is 5.29. The first-order valence-electron chi connectivity index (χ1n) is 4.66. The third-order valence-electron chi connectivity index (χ3n) is 2.04. The second kappa shape index (κ2) is 6.56. The molecule has 1 rings (SSSR count). The molecule has 1 aromatic heterocycles. The van der Waals surface area contributed by atoms with E-state index in [1.165, 1.54) is 2.91 Å². The summed E-state index contributed by atoms with van der Waals surface area (Å²) in [6.45, 7) is 2.25. The van der Waals surface area contributed by atoms with Gasteiger partial charge in [0.05, 0.1) is 6.26 Å². The normalized spacial score (nSPS) is 14.4. The number of allylic oxidation sites excluding steroid dienone is 1. The Labute approximate surface area is 103 Å². The minimum atomic E-state index is 0.624. The topological polar surface area (TPSA) is 13.1 Å². The van der Waals surface area contributed by atoms with Gasteiger partial charge in [-0.15, -0.1) is 11.8 Å². The molecule has 0 aliphatic carbocycles. The van der Waals surface area contributed by atoms with Gasteiger partial charge in [-0.2, -0.15) is 0 Å². The monoisotopic (exact) mass is 322 g/mol. The Bertz CT molecular complexity index is 279. The molecule has 0 bridgehead atoms. The van der Waals surface area contributed by atoms with Crippen molar-refractivity contribution in [2.45, 2.75) is 19.8 Å². The minimum absolute atomic E-state index is 0.624. The molecule has 0 unspecified atom stereocenters. The van der Waals surface area contributed by atoms with Gasteiger partial charge >= 0.3 is 0 Å². The van der Waals surface area contributed by atoms with Crippen LogP contribution in [0.4, 0.5) is 0 Å².